The number of rotatable bonds is 5. The van der Waals surface area contributed by atoms with Crippen molar-refractivity contribution in [1.29, 1.82) is 0 Å². The fourth-order valence-electron chi connectivity index (χ4n) is 11.2. The lowest BCUT2D eigenvalue weighted by Gasteiger charge is -2.21. The van der Waals surface area contributed by atoms with Crippen molar-refractivity contribution in [3.05, 3.63) is 204 Å². The van der Waals surface area contributed by atoms with Crippen LogP contribution in [0.5, 0.6) is 0 Å². The van der Waals surface area contributed by atoms with Gasteiger partial charge in [0.2, 0.25) is 5.95 Å². The van der Waals surface area contributed by atoms with E-state index in [0.29, 0.717) is 17.6 Å². The second-order valence-electron chi connectivity index (χ2n) is 18.2. The van der Waals surface area contributed by atoms with Crippen LogP contribution < -0.4 is 0 Å². The van der Waals surface area contributed by atoms with E-state index in [4.69, 9.17) is 19.4 Å². The minimum atomic E-state index is -0.178. The van der Waals surface area contributed by atoms with Crippen LogP contribution in [0.2, 0.25) is 0 Å². The lowest BCUT2D eigenvalue weighted by atomic mass is 9.82. The van der Waals surface area contributed by atoms with E-state index in [-0.39, 0.29) is 5.41 Å². The standard InChI is InChI=1S/C60H41N5O/c1-60(2)47-27-13-9-25-44(47)53-45(26-17-28-48(53)60)58-61-57(37-20-7-4-8-21-37)62-59(63-58)65-50-30-15-11-23-40(50)43-33-32-42-39-22-10-14-29-49(39)64(54(42)55(43)65)51-35-38(36-18-5-3-6-19-36)34-46-41-24-12-16-31-52(41)66-56(46)51/h3-10,12-22,24-35H,11,23H2,1-2H3. The highest BCUT2D eigenvalue weighted by Gasteiger charge is 2.37. The lowest BCUT2D eigenvalue weighted by Crippen LogP contribution is -2.14. The SMILES string of the molecule is CC1(C)c2ccccc2-c2c(-c3nc(-c4ccccc4)nc(-n4c5c(c6ccc7c8ccccc8n(-c8cc(-c9ccccc9)cc9c8oc8ccccc89)c7c64)CCC=C5)n3)cccc21. The van der Waals surface area contributed by atoms with Gasteiger partial charge in [-0.15, -0.1) is 0 Å². The summed E-state index contributed by atoms with van der Waals surface area (Å²) in [7, 11) is 0. The third kappa shape index (κ3) is 5.21. The first kappa shape index (κ1) is 37.1. The minimum absolute atomic E-state index is 0.178. The molecule has 0 fully saturated rings. The van der Waals surface area contributed by atoms with Crippen molar-refractivity contribution in [3.8, 4) is 56.7 Å². The van der Waals surface area contributed by atoms with E-state index in [0.717, 1.165) is 95.7 Å². The van der Waals surface area contributed by atoms with Gasteiger partial charge in [0.25, 0.3) is 0 Å². The number of aromatic nitrogens is 5. The Hall–Kier alpha value is -8.35. The molecule has 312 valence electrons. The van der Waals surface area contributed by atoms with Crippen LogP contribution in [-0.4, -0.2) is 24.1 Å². The monoisotopic (exact) mass is 847 g/mol. The molecule has 0 saturated carbocycles. The average molecular weight is 848 g/mol. The van der Waals surface area contributed by atoms with Crippen LogP contribution in [-0.2, 0) is 11.8 Å². The molecule has 14 rings (SSSR count). The van der Waals surface area contributed by atoms with E-state index in [1.807, 2.05) is 12.1 Å². The van der Waals surface area contributed by atoms with Gasteiger partial charge in [-0.1, -0.05) is 172 Å². The molecule has 0 unspecified atom stereocenters. The van der Waals surface area contributed by atoms with Gasteiger partial charge in [-0.2, -0.15) is 9.97 Å². The van der Waals surface area contributed by atoms with Crippen LogP contribution in [0.25, 0.3) is 117 Å². The molecule has 6 heteroatoms. The summed E-state index contributed by atoms with van der Waals surface area (Å²) in [5, 5.41) is 5.65. The first-order chi connectivity index (χ1) is 32.5. The van der Waals surface area contributed by atoms with Crippen molar-refractivity contribution in [2.45, 2.75) is 32.1 Å². The van der Waals surface area contributed by atoms with Gasteiger partial charge >= 0.3 is 0 Å². The van der Waals surface area contributed by atoms with Crippen molar-refractivity contribution < 1.29 is 4.42 Å². The van der Waals surface area contributed by atoms with Crippen LogP contribution in [0, 0.1) is 0 Å². The molecule has 4 heterocycles. The molecule has 0 bridgehead atoms. The summed E-state index contributed by atoms with van der Waals surface area (Å²) < 4.78 is 11.7. The predicted molar refractivity (Wildman–Crippen MR) is 270 cm³/mol. The molecule has 0 aliphatic heterocycles. The summed E-state index contributed by atoms with van der Waals surface area (Å²) in [5.41, 5.74) is 17.3. The Morgan fingerprint density at radius 1 is 0.515 bits per heavy atom. The summed E-state index contributed by atoms with van der Waals surface area (Å²) in [6.45, 7) is 4.64. The normalized spacial score (nSPS) is 13.8. The molecule has 2 aliphatic rings. The van der Waals surface area contributed by atoms with Gasteiger partial charge in [0.1, 0.15) is 5.58 Å². The molecule has 0 N–H and O–H groups in total. The summed E-state index contributed by atoms with van der Waals surface area (Å²) in [6, 6.07) is 62.8. The van der Waals surface area contributed by atoms with E-state index in [9.17, 15) is 0 Å². The first-order valence-corrected chi connectivity index (χ1v) is 22.8. The Morgan fingerprint density at radius 2 is 1.20 bits per heavy atom. The van der Waals surface area contributed by atoms with E-state index < -0.39 is 0 Å². The van der Waals surface area contributed by atoms with Gasteiger partial charge in [0.15, 0.2) is 17.2 Å². The van der Waals surface area contributed by atoms with Crippen LogP contribution >= 0.6 is 0 Å². The molecule has 0 spiro atoms. The third-order valence-electron chi connectivity index (χ3n) is 14.3. The summed E-state index contributed by atoms with van der Waals surface area (Å²) >= 11 is 0. The highest BCUT2D eigenvalue weighted by molar-refractivity contribution is 6.20. The number of aryl methyl sites for hydroxylation is 1. The second kappa shape index (κ2) is 13.8. The van der Waals surface area contributed by atoms with Crippen LogP contribution in [0.1, 0.15) is 42.7 Å². The fourth-order valence-corrected chi connectivity index (χ4v) is 11.2. The van der Waals surface area contributed by atoms with Gasteiger partial charge in [0.05, 0.1) is 27.9 Å². The maximum atomic E-state index is 6.94. The Balaban J connectivity index is 1.13. The molecule has 12 aromatic rings. The number of fused-ring (bicyclic) bond motifs is 13. The van der Waals surface area contributed by atoms with Crippen LogP contribution in [0.3, 0.4) is 0 Å². The molecule has 4 aromatic heterocycles. The zero-order chi connectivity index (χ0) is 43.7. The van der Waals surface area contributed by atoms with Crippen molar-refractivity contribution >= 4 is 60.7 Å². The average Bonchev–Trinajstić information content (AvgIpc) is 4.09. The molecule has 0 saturated heterocycles. The maximum Gasteiger partial charge on any atom is 0.238 e. The Bertz CT molecular complexity index is 4020. The molecule has 0 radical (unpaired) electrons. The van der Waals surface area contributed by atoms with Crippen molar-refractivity contribution in [2.75, 3.05) is 0 Å². The van der Waals surface area contributed by atoms with E-state index in [2.05, 4.69) is 199 Å². The second-order valence-corrected chi connectivity index (χ2v) is 18.2. The minimum Gasteiger partial charge on any atom is -0.454 e. The molecule has 2 aliphatic carbocycles. The number of allylic oxidation sites excluding steroid dienone is 1. The molecule has 6 nitrogen and oxygen atoms in total. The highest BCUT2D eigenvalue weighted by atomic mass is 16.3. The van der Waals surface area contributed by atoms with Crippen LogP contribution in [0.4, 0.5) is 0 Å². The molecule has 66 heavy (non-hydrogen) atoms. The number of para-hydroxylation sites is 2. The van der Waals surface area contributed by atoms with Crippen molar-refractivity contribution in [2.24, 2.45) is 0 Å². The van der Waals surface area contributed by atoms with Gasteiger partial charge in [-0.3, -0.25) is 4.57 Å². The Labute approximate surface area is 380 Å². The fraction of sp³-hybridized carbons (Fsp3) is 0.0833. The van der Waals surface area contributed by atoms with Gasteiger partial charge in [-0.05, 0) is 82.1 Å². The van der Waals surface area contributed by atoms with Gasteiger partial charge in [0, 0.05) is 43.5 Å². The summed E-state index contributed by atoms with van der Waals surface area (Å²) in [6.07, 6.45) is 6.42. The topological polar surface area (TPSA) is 61.7 Å². The first-order valence-electron chi connectivity index (χ1n) is 22.8. The largest absolute Gasteiger partial charge is 0.454 e. The number of furan rings is 1. The number of nitrogens with zero attached hydrogens (tertiary/aromatic N) is 5. The van der Waals surface area contributed by atoms with Gasteiger partial charge < -0.3 is 8.98 Å². The highest BCUT2D eigenvalue weighted by Crippen LogP contribution is 2.52. The molecule has 8 aromatic carbocycles. The Morgan fingerprint density at radius 3 is 2.06 bits per heavy atom. The maximum absolute atomic E-state index is 6.94. The third-order valence-corrected chi connectivity index (χ3v) is 14.3. The van der Waals surface area contributed by atoms with Crippen molar-refractivity contribution in [3.63, 3.8) is 0 Å². The van der Waals surface area contributed by atoms with E-state index >= 15 is 0 Å². The zero-order valence-corrected chi connectivity index (χ0v) is 36.5. The number of hydrogen-bond acceptors (Lipinski definition) is 4. The summed E-state index contributed by atoms with van der Waals surface area (Å²) in [4.78, 5) is 16.4. The van der Waals surface area contributed by atoms with Gasteiger partial charge in [-0.25, -0.2) is 4.98 Å². The van der Waals surface area contributed by atoms with E-state index in [1.54, 1.807) is 0 Å². The molecular formula is C60H41N5O. The number of benzene rings is 8. The zero-order valence-electron chi connectivity index (χ0n) is 36.5. The molecule has 0 atom stereocenters. The quantitative estimate of drug-likeness (QED) is 0.173. The lowest BCUT2D eigenvalue weighted by molar-refractivity contribution is 0.660. The predicted octanol–water partition coefficient (Wildman–Crippen LogP) is 15.1. The Kier molecular flexibility index (Phi) is 7.76. The molecule has 0 amide bonds. The van der Waals surface area contributed by atoms with E-state index in [1.165, 1.54) is 33.2 Å². The summed E-state index contributed by atoms with van der Waals surface area (Å²) in [5.74, 6) is 1.85. The van der Waals surface area contributed by atoms with Crippen LogP contribution in [0.15, 0.2) is 186 Å². The number of hydrogen-bond donors (Lipinski definition) is 0. The van der Waals surface area contributed by atoms with Crippen molar-refractivity contribution in [1.82, 2.24) is 24.1 Å². The smallest absolute Gasteiger partial charge is 0.238 e. The molecular weight excluding hydrogens is 807 g/mol.